The summed E-state index contributed by atoms with van der Waals surface area (Å²) in [6.45, 7) is 0.325. The Morgan fingerprint density at radius 3 is 2.31 bits per heavy atom. The predicted molar refractivity (Wildman–Crippen MR) is 113 cm³/mol. The van der Waals surface area contributed by atoms with Crippen LogP contribution in [-0.4, -0.2) is 25.9 Å². The fraction of sp³-hybridized carbons (Fsp3) is 0.130. The van der Waals surface area contributed by atoms with Gasteiger partial charge in [0.15, 0.2) is 0 Å². The molecule has 0 fully saturated rings. The van der Waals surface area contributed by atoms with Gasteiger partial charge in [-0.15, -0.1) is 0 Å². The third-order valence-electron chi connectivity index (χ3n) is 4.37. The number of carbonyl (C=O) groups is 2. The SMILES string of the molecule is CN(C)c1cccc(C(=O)NCc2cccc(NC(=O)c3ccc(F)cc3)c2)c1. The van der Waals surface area contributed by atoms with Crippen LogP contribution in [-0.2, 0) is 6.54 Å². The highest BCUT2D eigenvalue weighted by Gasteiger charge is 2.09. The van der Waals surface area contributed by atoms with E-state index in [1.54, 1.807) is 24.3 Å². The second-order valence-corrected chi connectivity index (χ2v) is 6.79. The van der Waals surface area contributed by atoms with Crippen molar-refractivity contribution < 1.29 is 14.0 Å². The molecule has 29 heavy (non-hydrogen) atoms. The molecule has 5 nitrogen and oxygen atoms in total. The molecule has 3 aromatic rings. The van der Waals surface area contributed by atoms with E-state index in [-0.39, 0.29) is 11.8 Å². The van der Waals surface area contributed by atoms with Crippen molar-refractivity contribution in [2.45, 2.75) is 6.54 Å². The fourth-order valence-corrected chi connectivity index (χ4v) is 2.77. The third kappa shape index (κ3) is 5.42. The quantitative estimate of drug-likeness (QED) is 0.666. The average molecular weight is 391 g/mol. The van der Waals surface area contributed by atoms with E-state index in [2.05, 4.69) is 10.6 Å². The molecule has 0 atom stereocenters. The number of benzene rings is 3. The number of carbonyl (C=O) groups excluding carboxylic acids is 2. The lowest BCUT2D eigenvalue weighted by Crippen LogP contribution is -2.23. The Bertz CT molecular complexity index is 1020. The van der Waals surface area contributed by atoms with Crippen molar-refractivity contribution in [3.8, 4) is 0 Å². The molecule has 2 amide bonds. The topological polar surface area (TPSA) is 61.4 Å². The molecule has 2 N–H and O–H groups in total. The van der Waals surface area contributed by atoms with Gasteiger partial charge in [-0.3, -0.25) is 9.59 Å². The average Bonchev–Trinajstić information content (AvgIpc) is 2.73. The summed E-state index contributed by atoms with van der Waals surface area (Å²) in [6, 6.07) is 19.9. The molecule has 0 aliphatic rings. The van der Waals surface area contributed by atoms with Gasteiger partial charge in [-0.25, -0.2) is 4.39 Å². The van der Waals surface area contributed by atoms with Crippen molar-refractivity contribution in [2.24, 2.45) is 0 Å². The van der Waals surface area contributed by atoms with E-state index in [1.165, 1.54) is 24.3 Å². The van der Waals surface area contributed by atoms with Crippen LogP contribution < -0.4 is 15.5 Å². The minimum absolute atomic E-state index is 0.172. The smallest absolute Gasteiger partial charge is 0.255 e. The molecule has 0 heterocycles. The zero-order valence-electron chi connectivity index (χ0n) is 16.3. The molecule has 0 aliphatic carbocycles. The Hall–Kier alpha value is -3.67. The van der Waals surface area contributed by atoms with Crippen LogP contribution in [0.5, 0.6) is 0 Å². The molecule has 0 saturated heterocycles. The fourth-order valence-electron chi connectivity index (χ4n) is 2.77. The Morgan fingerprint density at radius 1 is 0.862 bits per heavy atom. The van der Waals surface area contributed by atoms with E-state index in [0.29, 0.717) is 23.4 Å². The zero-order valence-corrected chi connectivity index (χ0v) is 16.3. The van der Waals surface area contributed by atoms with Crippen LogP contribution in [0, 0.1) is 5.82 Å². The van der Waals surface area contributed by atoms with Gasteiger partial charge in [0.25, 0.3) is 11.8 Å². The first-order valence-corrected chi connectivity index (χ1v) is 9.14. The molecule has 0 spiro atoms. The van der Waals surface area contributed by atoms with Crippen LogP contribution in [0.2, 0.25) is 0 Å². The molecule has 3 aromatic carbocycles. The van der Waals surface area contributed by atoms with Gasteiger partial charge in [0, 0.05) is 43.1 Å². The van der Waals surface area contributed by atoms with Crippen molar-refractivity contribution >= 4 is 23.2 Å². The van der Waals surface area contributed by atoms with E-state index in [0.717, 1.165) is 11.3 Å². The lowest BCUT2D eigenvalue weighted by Gasteiger charge is -2.13. The summed E-state index contributed by atoms with van der Waals surface area (Å²) in [5, 5.41) is 5.67. The number of rotatable bonds is 6. The molecule has 3 rings (SSSR count). The molecule has 0 saturated carbocycles. The molecule has 0 bridgehead atoms. The van der Waals surface area contributed by atoms with Gasteiger partial charge in [0.05, 0.1) is 0 Å². The normalized spacial score (nSPS) is 10.3. The molecule has 0 aliphatic heterocycles. The lowest BCUT2D eigenvalue weighted by molar-refractivity contribution is 0.0950. The van der Waals surface area contributed by atoms with Gasteiger partial charge < -0.3 is 15.5 Å². The van der Waals surface area contributed by atoms with Gasteiger partial charge in [-0.1, -0.05) is 18.2 Å². The molecular weight excluding hydrogens is 369 g/mol. The first-order chi connectivity index (χ1) is 13.9. The number of halogens is 1. The number of nitrogens with zero attached hydrogens (tertiary/aromatic N) is 1. The van der Waals surface area contributed by atoms with Gasteiger partial charge >= 0.3 is 0 Å². The highest BCUT2D eigenvalue weighted by molar-refractivity contribution is 6.04. The second-order valence-electron chi connectivity index (χ2n) is 6.79. The van der Waals surface area contributed by atoms with Crippen LogP contribution in [0.1, 0.15) is 26.3 Å². The Labute approximate surface area is 169 Å². The van der Waals surface area contributed by atoms with Crippen molar-refractivity contribution in [3.63, 3.8) is 0 Å². The van der Waals surface area contributed by atoms with Crippen LogP contribution in [0.4, 0.5) is 15.8 Å². The number of hydrogen-bond acceptors (Lipinski definition) is 3. The molecule has 0 radical (unpaired) electrons. The zero-order chi connectivity index (χ0) is 20.8. The minimum Gasteiger partial charge on any atom is -0.378 e. The maximum Gasteiger partial charge on any atom is 0.255 e. The number of nitrogens with one attached hydrogen (secondary N) is 2. The molecule has 0 unspecified atom stereocenters. The number of hydrogen-bond donors (Lipinski definition) is 2. The standard InChI is InChI=1S/C23H22FN3O2/c1-27(2)21-8-4-6-18(14-21)22(28)25-15-16-5-3-7-20(13-16)26-23(29)17-9-11-19(24)12-10-17/h3-14H,15H2,1-2H3,(H,25,28)(H,26,29). The maximum absolute atomic E-state index is 13.0. The van der Waals surface area contributed by atoms with Crippen LogP contribution in [0.3, 0.4) is 0 Å². The lowest BCUT2D eigenvalue weighted by atomic mass is 10.1. The van der Waals surface area contributed by atoms with Gasteiger partial charge in [-0.2, -0.15) is 0 Å². The predicted octanol–water partition coefficient (Wildman–Crippen LogP) is 4.07. The van der Waals surface area contributed by atoms with E-state index < -0.39 is 5.82 Å². The molecule has 6 heteroatoms. The molecular formula is C23H22FN3O2. The van der Waals surface area contributed by atoms with E-state index >= 15 is 0 Å². The van der Waals surface area contributed by atoms with Gasteiger partial charge in [0.1, 0.15) is 5.82 Å². The minimum atomic E-state index is -0.393. The summed E-state index contributed by atoms with van der Waals surface area (Å²) < 4.78 is 13.0. The summed E-state index contributed by atoms with van der Waals surface area (Å²) in [6.07, 6.45) is 0. The maximum atomic E-state index is 13.0. The van der Waals surface area contributed by atoms with Crippen LogP contribution >= 0.6 is 0 Å². The highest BCUT2D eigenvalue weighted by Crippen LogP contribution is 2.15. The highest BCUT2D eigenvalue weighted by atomic mass is 19.1. The van der Waals surface area contributed by atoms with Crippen molar-refractivity contribution in [2.75, 3.05) is 24.3 Å². The van der Waals surface area contributed by atoms with Crippen molar-refractivity contribution in [3.05, 3.63) is 95.3 Å². The van der Waals surface area contributed by atoms with Crippen LogP contribution in [0.15, 0.2) is 72.8 Å². The first-order valence-electron chi connectivity index (χ1n) is 9.14. The Morgan fingerprint density at radius 2 is 1.59 bits per heavy atom. The van der Waals surface area contributed by atoms with Gasteiger partial charge in [-0.05, 0) is 60.2 Å². The van der Waals surface area contributed by atoms with Crippen molar-refractivity contribution in [1.29, 1.82) is 0 Å². The monoisotopic (exact) mass is 391 g/mol. The Balaban J connectivity index is 1.62. The molecule has 148 valence electrons. The Kier molecular flexibility index (Phi) is 6.24. The number of anilines is 2. The largest absolute Gasteiger partial charge is 0.378 e. The molecule has 0 aromatic heterocycles. The second kappa shape index (κ2) is 9.01. The number of amides is 2. The van der Waals surface area contributed by atoms with E-state index in [9.17, 15) is 14.0 Å². The van der Waals surface area contributed by atoms with E-state index in [1.807, 2.05) is 43.3 Å². The van der Waals surface area contributed by atoms with Crippen LogP contribution in [0.25, 0.3) is 0 Å². The van der Waals surface area contributed by atoms with Gasteiger partial charge in [0.2, 0.25) is 0 Å². The van der Waals surface area contributed by atoms with Crippen molar-refractivity contribution in [1.82, 2.24) is 5.32 Å². The van der Waals surface area contributed by atoms with E-state index in [4.69, 9.17) is 0 Å². The summed E-state index contributed by atoms with van der Waals surface area (Å²) in [7, 11) is 3.84. The summed E-state index contributed by atoms with van der Waals surface area (Å²) >= 11 is 0. The summed E-state index contributed by atoms with van der Waals surface area (Å²) in [5.41, 5.74) is 3.34. The first kappa shape index (κ1) is 20.1. The summed E-state index contributed by atoms with van der Waals surface area (Å²) in [5.74, 6) is -0.892. The summed E-state index contributed by atoms with van der Waals surface area (Å²) in [4.78, 5) is 26.6. The third-order valence-corrected chi connectivity index (χ3v) is 4.37.